The number of methoxy groups -OCH3 is 3. The number of nitrogens with zero attached hydrogens (tertiary/aromatic N) is 2. The zero-order chi connectivity index (χ0) is 36.7. The highest BCUT2D eigenvalue weighted by Crippen LogP contribution is 2.41. The van der Waals surface area contributed by atoms with E-state index in [1.165, 1.54) is 33.5 Å². The number of hydrogen-bond acceptors (Lipinski definition) is 12. The van der Waals surface area contributed by atoms with Crippen LogP contribution in [-0.2, 0) is 35.2 Å². The van der Waals surface area contributed by atoms with Crippen LogP contribution in [0.25, 0.3) is 0 Å². The Labute approximate surface area is 286 Å². The van der Waals surface area contributed by atoms with Crippen molar-refractivity contribution in [1.29, 1.82) is 0 Å². The molecule has 0 spiro atoms. The van der Waals surface area contributed by atoms with E-state index in [0.29, 0.717) is 0 Å². The fraction of sp³-hybridized carbons (Fsp3) is 0.394. The number of aromatic carboxylic acids is 2. The average Bonchev–Trinajstić information content (AvgIpc) is 3.40. The fourth-order valence-corrected chi connectivity index (χ4v) is 8.10. The van der Waals surface area contributed by atoms with Crippen LogP contribution in [0.4, 0.5) is 11.4 Å². The number of carboxylic acid groups (broad SMARTS) is 2. The molecule has 0 amide bonds. The number of benzene rings is 3. The van der Waals surface area contributed by atoms with Crippen molar-refractivity contribution in [3.8, 4) is 0 Å². The van der Waals surface area contributed by atoms with Crippen molar-refractivity contribution in [2.75, 3.05) is 27.1 Å². The van der Waals surface area contributed by atoms with Gasteiger partial charge in [-0.3, -0.25) is 20.2 Å². The van der Waals surface area contributed by atoms with Crippen molar-refractivity contribution < 1.29 is 57.0 Å². The summed E-state index contributed by atoms with van der Waals surface area (Å²) in [4.78, 5) is 46.7. The Kier molecular flexibility index (Phi) is 12.4. The third-order valence-electron chi connectivity index (χ3n) is 8.78. The monoisotopic (exact) mass is 716 g/mol. The van der Waals surface area contributed by atoms with Gasteiger partial charge in [0, 0.05) is 57.9 Å². The molecule has 5 atom stereocenters. The van der Waals surface area contributed by atoms with Gasteiger partial charge in [-0.15, -0.1) is 0 Å². The van der Waals surface area contributed by atoms with E-state index in [-0.39, 0.29) is 46.4 Å². The quantitative estimate of drug-likeness (QED) is 0.111. The molecule has 0 bridgehead atoms. The van der Waals surface area contributed by atoms with Gasteiger partial charge < -0.3 is 29.2 Å². The largest absolute Gasteiger partial charge is 0.478 e. The van der Waals surface area contributed by atoms with Gasteiger partial charge in [-0.25, -0.2) is 18.0 Å². The molecule has 50 heavy (non-hydrogen) atoms. The number of sulfone groups is 1. The average molecular weight is 717 g/mol. The number of non-ortho nitro benzene ring substituents is 2. The predicted molar refractivity (Wildman–Crippen MR) is 175 cm³/mol. The zero-order valence-corrected chi connectivity index (χ0v) is 28.1. The Morgan fingerprint density at radius 3 is 1.96 bits per heavy atom. The number of ether oxygens (including phenoxy) is 4. The molecule has 0 unspecified atom stereocenters. The van der Waals surface area contributed by atoms with E-state index in [1.54, 1.807) is 18.2 Å². The molecule has 3 aromatic carbocycles. The first-order chi connectivity index (χ1) is 23.7. The third-order valence-corrected chi connectivity index (χ3v) is 10.6. The SMILES string of the molecule is COC(C[C@@H]1O[C@H](C[C@H](Cc2cc([N+](=O)[O-])ccc2C(=O)O)c2cc([N+](=O)[O-])ccc2C(=O)O)[C@H](OC)[C@H]1CS(=O)(=O)c1ccccc1)OC. The van der Waals surface area contributed by atoms with E-state index in [9.17, 15) is 48.4 Å². The Morgan fingerprint density at radius 2 is 1.42 bits per heavy atom. The van der Waals surface area contributed by atoms with Gasteiger partial charge in [-0.1, -0.05) is 18.2 Å². The standard InChI is InChI=1S/C33H36N2O14S/c1-46-30(47-2)17-28-27(18-50(44,45)23-7-5-4-6-8-23)31(48-3)29(49-28)15-20(26-16-22(35(42)43)10-12-25(26)33(38)39)13-19-14-21(34(40)41)9-11-24(19)32(36)37/h4-12,14,16,20,27-31H,13,15,17-18H2,1-3H3,(H,36,37)(H,38,39)/t20-,27-,28-,29+,31+/m0/s1. The van der Waals surface area contributed by atoms with Gasteiger partial charge in [0.25, 0.3) is 11.4 Å². The maximum absolute atomic E-state index is 13.6. The van der Waals surface area contributed by atoms with Crippen LogP contribution < -0.4 is 0 Å². The summed E-state index contributed by atoms with van der Waals surface area (Å²) in [6.07, 6.45) is -3.99. The van der Waals surface area contributed by atoms with Crippen molar-refractivity contribution in [3.05, 3.63) is 109 Å². The summed E-state index contributed by atoms with van der Waals surface area (Å²) in [7, 11) is 0.241. The van der Waals surface area contributed by atoms with Crippen LogP contribution in [0.2, 0.25) is 0 Å². The van der Waals surface area contributed by atoms with Crippen LogP contribution in [0.5, 0.6) is 0 Å². The second-order valence-corrected chi connectivity index (χ2v) is 13.7. The molecule has 1 heterocycles. The molecule has 1 aliphatic heterocycles. The lowest BCUT2D eigenvalue weighted by Crippen LogP contribution is -2.37. The lowest BCUT2D eigenvalue weighted by Gasteiger charge is -2.27. The maximum Gasteiger partial charge on any atom is 0.335 e. The first kappa shape index (κ1) is 38.0. The van der Waals surface area contributed by atoms with Crippen molar-refractivity contribution in [1.82, 2.24) is 0 Å². The minimum Gasteiger partial charge on any atom is -0.478 e. The highest BCUT2D eigenvalue weighted by molar-refractivity contribution is 7.91. The number of hydrogen-bond donors (Lipinski definition) is 2. The molecular formula is C33H36N2O14S. The van der Waals surface area contributed by atoms with Crippen LogP contribution >= 0.6 is 0 Å². The second-order valence-electron chi connectivity index (χ2n) is 11.7. The van der Waals surface area contributed by atoms with E-state index in [0.717, 1.165) is 36.4 Å². The van der Waals surface area contributed by atoms with Crippen LogP contribution in [0.1, 0.15) is 50.6 Å². The summed E-state index contributed by atoms with van der Waals surface area (Å²) in [5, 5.41) is 43.5. The van der Waals surface area contributed by atoms with Gasteiger partial charge in [0.2, 0.25) is 0 Å². The van der Waals surface area contributed by atoms with Gasteiger partial charge in [0.15, 0.2) is 16.1 Å². The molecule has 3 aromatic rings. The molecule has 1 fully saturated rings. The molecule has 1 aliphatic rings. The van der Waals surface area contributed by atoms with E-state index >= 15 is 0 Å². The Morgan fingerprint density at radius 1 is 0.840 bits per heavy atom. The van der Waals surface area contributed by atoms with Crippen LogP contribution in [-0.4, -0.2) is 92.1 Å². The first-order valence-corrected chi connectivity index (χ1v) is 16.9. The van der Waals surface area contributed by atoms with Crippen LogP contribution in [0, 0.1) is 26.1 Å². The molecule has 2 N–H and O–H groups in total. The fourth-order valence-electron chi connectivity index (χ4n) is 6.43. The maximum atomic E-state index is 13.6. The van der Waals surface area contributed by atoms with Gasteiger partial charge in [0.1, 0.15) is 0 Å². The smallest absolute Gasteiger partial charge is 0.335 e. The molecule has 0 aromatic heterocycles. The minimum atomic E-state index is -3.91. The van der Waals surface area contributed by atoms with Crippen molar-refractivity contribution in [2.24, 2.45) is 5.92 Å². The topological polar surface area (TPSA) is 232 Å². The minimum absolute atomic E-state index is 0.0369. The zero-order valence-electron chi connectivity index (χ0n) is 27.2. The Bertz CT molecular complexity index is 1830. The van der Waals surface area contributed by atoms with Crippen molar-refractivity contribution >= 4 is 33.2 Å². The summed E-state index contributed by atoms with van der Waals surface area (Å²) in [5.74, 6) is -5.14. The Balaban J connectivity index is 1.85. The number of carbonyl (C=O) groups is 2. The summed E-state index contributed by atoms with van der Waals surface area (Å²) in [6.45, 7) is 0. The van der Waals surface area contributed by atoms with E-state index in [4.69, 9.17) is 18.9 Å². The van der Waals surface area contributed by atoms with Crippen molar-refractivity contribution in [2.45, 2.75) is 54.7 Å². The van der Waals surface area contributed by atoms with Gasteiger partial charge in [-0.05, 0) is 54.2 Å². The third kappa shape index (κ3) is 8.67. The van der Waals surface area contributed by atoms with E-state index < -0.39 is 85.2 Å². The summed E-state index contributed by atoms with van der Waals surface area (Å²) in [5.41, 5.74) is -1.60. The van der Waals surface area contributed by atoms with Crippen LogP contribution in [0.15, 0.2) is 71.6 Å². The molecule has 268 valence electrons. The lowest BCUT2D eigenvalue weighted by molar-refractivity contribution is -0.385. The predicted octanol–water partition coefficient (Wildman–Crippen LogP) is 4.50. The van der Waals surface area contributed by atoms with E-state index in [2.05, 4.69) is 0 Å². The highest BCUT2D eigenvalue weighted by Gasteiger charge is 2.48. The lowest BCUT2D eigenvalue weighted by atomic mass is 9.81. The Hall–Kier alpha value is -4.81. The summed E-state index contributed by atoms with van der Waals surface area (Å²) in [6, 6.07) is 14.0. The van der Waals surface area contributed by atoms with Crippen molar-refractivity contribution in [3.63, 3.8) is 0 Å². The molecule has 0 saturated carbocycles. The molecule has 4 rings (SSSR count). The number of rotatable bonds is 17. The molecule has 0 aliphatic carbocycles. The van der Waals surface area contributed by atoms with Gasteiger partial charge >= 0.3 is 11.9 Å². The van der Waals surface area contributed by atoms with Crippen LogP contribution in [0.3, 0.4) is 0 Å². The molecule has 16 nitrogen and oxygen atoms in total. The number of carboxylic acids is 2. The van der Waals surface area contributed by atoms with E-state index in [1.807, 2.05) is 0 Å². The second kappa shape index (κ2) is 16.3. The van der Waals surface area contributed by atoms with Gasteiger partial charge in [-0.2, -0.15) is 0 Å². The number of nitro benzene ring substituents is 2. The summed E-state index contributed by atoms with van der Waals surface area (Å²) >= 11 is 0. The normalized spacial score (nSPS) is 19.7. The molecular weight excluding hydrogens is 680 g/mol. The molecule has 17 heteroatoms. The molecule has 0 radical (unpaired) electrons. The summed E-state index contributed by atoms with van der Waals surface area (Å²) < 4.78 is 50.3. The first-order valence-electron chi connectivity index (χ1n) is 15.2. The number of nitro groups is 2. The molecule has 1 saturated heterocycles. The highest BCUT2D eigenvalue weighted by atomic mass is 32.2. The van der Waals surface area contributed by atoms with Gasteiger partial charge in [0.05, 0.1) is 49.9 Å².